The highest BCUT2D eigenvalue weighted by Gasteiger charge is 2.26. The molecule has 3 atom stereocenters. The molecule has 5 heteroatoms. The van der Waals surface area contributed by atoms with Crippen molar-refractivity contribution in [2.45, 2.75) is 32.7 Å². The molecule has 2 N–H and O–H groups in total. The maximum Gasteiger partial charge on any atom is 0.317 e. The zero-order valence-electron chi connectivity index (χ0n) is 11.2. The first-order chi connectivity index (χ1) is 8.43. The van der Waals surface area contributed by atoms with Crippen LogP contribution in [0.25, 0.3) is 0 Å². The number of rotatable bonds is 5. The maximum absolute atomic E-state index is 11.9. The number of carboxylic acids is 1. The van der Waals surface area contributed by atoms with Crippen LogP contribution in [0.2, 0.25) is 0 Å². The molecule has 1 aliphatic carbocycles. The van der Waals surface area contributed by atoms with E-state index in [0.29, 0.717) is 18.9 Å². The largest absolute Gasteiger partial charge is 0.481 e. The van der Waals surface area contributed by atoms with Gasteiger partial charge in [-0.1, -0.05) is 32.4 Å². The molecule has 2 amide bonds. The average molecular weight is 254 g/mol. The third-order valence-corrected chi connectivity index (χ3v) is 3.34. The Hall–Kier alpha value is -1.52. The zero-order chi connectivity index (χ0) is 13.7. The summed E-state index contributed by atoms with van der Waals surface area (Å²) in [6, 6.07) is -0.311. The van der Waals surface area contributed by atoms with Gasteiger partial charge in [0.2, 0.25) is 0 Å². The lowest BCUT2D eigenvalue weighted by molar-refractivity contribution is -0.140. The lowest BCUT2D eigenvalue weighted by atomic mass is 10.1. The van der Waals surface area contributed by atoms with Crippen LogP contribution < -0.4 is 5.32 Å². The highest BCUT2D eigenvalue weighted by atomic mass is 16.4. The summed E-state index contributed by atoms with van der Waals surface area (Å²) in [4.78, 5) is 24.3. The number of carbonyl (C=O) groups excluding carboxylic acids is 1. The highest BCUT2D eigenvalue weighted by molar-refractivity contribution is 5.76. The molecule has 0 aliphatic heterocycles. The lowest BCUT2D eigenvalue weighted by Crippen LogP contribution is -2.43. The van der Waals surface area contributed by atoms with Crippen molar-refractivity contribution in [2.24, 2.45) is 11.8 Å². The first-order valence-electron chi connectivity index (χ1n) is 6.36. The molecule has 0 saturated heterocycles. The Labute approximate surface area is 108 Å². The van der Waals surface area contributed by atoms with Gasteiger partial charge < -0.3 is 15.3 Å². The Kier molecular flexibility index (Phi) is 5.19. The Morgan fingerprint density at radius 3 is 2.67 bits per heavy atom. The summed E-state index contributed by atoms with van der Waals surface area (Å²) < 4.78 is 0. The number of nitrogens with one attached hydrogen (secondary N) is 1. The van der Waals surface area contributed by atoms with E-state index in [2.05, 4.69) is 19.2 Å². The third-order valence-electron chi connectivity index (χ3n) is 3.34. The van der Waals surface area contributed by atoms with Crippen LogP contribution in [-0.2, 0) is 4.79 Å². The fourth-order valence-corrected chi connectivity index (χ4v) is 1.94. The fourth-order valence-electron chi connectivity index (χ4n) is 1.94. The van der Waals surface area contributed by atoms with Crippen LogP contribution in [0.5, 0.6) is 0 Å². The quantitative estimate of drug-likeness (QED) is 0.734. The minimum atomic E-state index is -0.837. The van der Waals surface area contributed by atoms with E-state index in [-0.39, 0.29) is 12.1 Å². The number of hydrogen-bond acceptors (Lipinski definition) is 2. The molecule has 1 aliphatic rings. The second-order valence-electron chi connectivity index (χ2n) is 5.02. The molecule has 0 aromatic heterocycles. The number of aliphatic carboxylic acids is 1. The Morgan fingerprint density at radius 1 is 1.50 bits per heavy atom. The van der Waals surface area contributed by atoms with Gasteiger partial charge in [0.1, 0.15) is 0 Å². The highest BCUT2D eigenvalue weighted by Crippen LogP contribution is 2.18. The first kappa shape index (κ1) is 14.5. The Balaban J connectivity index is 2.38. The van der Waals surface area contributed by atoms with Crippen LogP contribution in [0.15, 0.2) is 12.2 Å². The summed E-state index contributed by atoms with van der Waals surface area (Å²) >= 11 is 0. The first-order valence-corrected chi connectivity index (χ1v) is 6.36. The van der Waals surface area contributed by atoms with Gasteiger partial charge in [-0.05, 0) is 12.3 Å². The Morgan fingerprint density at radius 2 is 2.17 bits per heavy atom. The van der Waals surface area contributed by atoms with Crippen LogP contribution >= 0.6 is 0 Å². The molecule has 1 rings (SSSR count). The minimum Gasteiger partial charge on any atom is -0.481 e. The molecule has 102 valence electrons. The van der Waals surface area contributed by atoms with Crippen molar-refractivity contribution in [3.63, 3.8) is 0 Å². The summed E-state index contributed by atoms with van der Waals surface area (Å²) in [6.45, 7) is 4.90. The number of carbonyl (C=O) groups is 2. The van der Waals surface area contributed by atoms with Gasteiger partial charge in [-0.25, -0.2) is 4.79 Å². The molecule has 0 spiro atoms. The molecule has 0 radical (unpaired) electrons. The van der Waals surface area contributed by atoms with E-state index >= 15 is 0 Å². The molecule has 3 unspecified atom stereocenters. The van der Waals surface area contributed by atoms with E-state index in [9.17, 15) is 9.59 Å². The van der Waals surface area contributed by atoms with E-state index in [0.717, 1.165) is 6.42 Å². The molecule has 5 nitrogen and oxygen atoms in total. The molecule has 18 heavy (non-hydrogen) atoms. The van der Waals surface area contributed by atoms with Gasteiger partial charge in [-0.3, -0.25) is 4.79 Å². The monoisotopic (exact) mass is 254 g/mol. The van der Waals surface area contributed by atoms with Gasteiger partial charge in [-0.15, -0.1) is 0 Å². The molecule has 0 heterocycles. The number of urea groups is 1. The van der Waals surface area contributed by atoms with Crippen molar-refractivity contribution in [2.75, 3.05) is 13.6 Å². The minimum absolute atomic E-state index is 0.143. The van der Waals surface area contributed by atoms with Crippen LogP contribution in [0, 0.1) is 11.8 Å². The smallest absolute Gasteiger partial charge is 0.317 e. The van der Waals surface area contributed by atoms with E-state index in [1.54, 1.807) is 24.1 Å². The van der Waals surface area contributed by atoms with Crippen LogP contribution in [0.4, 0.5) is 4.79 Å². The number of amides is 2. The third kappa shape index (κ3) is 4.05. The maximum atomic E-state index is 11.9. The second-order valence-corrected chi connectivity index (χ2v) is 5.02. The summed E-state index contributed by atoms with van der Waals surface area (Å²) in [7, 11) is 1.76. The van der Waals surface area contributed by atoms with Crippen molar-refractivity contribution in [3.05, 3.63) is 12.2 Å². The average Bonchev–Trinajstić information content (AvgIpc) is 2.77. The van der Waals surface area contributed by atoms with Crippen LogP contribution in [-0.4, -0.2) is 41.6 Å². The summed E-state index contributed by atoms with van der Waals surface area (Å²) in [5.74, 6) is -0.849. The normalized spacial score (nSPS) is 23.7. The topological polar surface area (TPSA) is 69.6 Å². The Bertz CT molecular complexity index is 341. The van der Waals surface area contributed by atoms with Crippen molar-refractivity contribution in [1.82, 2.24) is 10.2 Å². The van der Waals surface area contributed by atoms with Gasteiger partial charge >= 0.3 is 12.0 Å². The molecule has 0 bridgehead atoms. The van der Waals surface area contributed by atoms with Gasteiger partial charge in [0.05, 0.1) is 12.0 Å². The van der Waals surface area contributed by atoms with Crippen molar-refractivity contribution in [3.8, 4) is 0 Å². The van der Waals surface area contributed by atoms with E-state index in [1.807, 2.05) is 0 Å². The zero-order valence-corrected chi connectivity index (χ0v) is 11.2. The van der Waals surface area contributed by atoms with E-state index in [1.165, 1.54) is 0 Å². The van der Waals surface area contributed by atoms with Gasteiger partial charge in [0.25, 0.3) is 0 Å². The van der Waals surface area contributed by atoms with Gasteiger partial charge in [0, 0.05) is 13.6 Å². The summed E-state index contributed by atoms with van der Waals surface area (Å²) in [5, 5.41) is 11.7. The van der Waals surface area contributed by atoms with Gasteiger partial charge in [0.15, 0.2) is 0 Å². The van der Waals surface area contributed by atoms with Gasteiger partial charge in [-0.2, -0.15) is 0 Å². The predicted molar refractivity (Wildman–Crippen MR) is 69.3 cm³/mol. The molecule has 0 aromatic carbocycles. The number of hydrogen-bond donors (Lipinski definition) is 2. The fraction of sp³-hybridized carbons (Fsp3) is 0.692. The second kappa shape index (κ2) is 6.42. The summed E-state index contributed by atoms with van der Waals surface area (Å²) in [5.41, 5.74) is 0. The molecular formula is C13H22N2O3. The molecule has 0 saturated carbocycles. The van der Waals surface area contributed by atoms with Crippen molar-refractivity contribution < 1.29 is 14.7 Å². The predicted octanol–water partition coefficient (Wildman–Crippen LogP) is 1.70. The van der Waals surface area contributed by atoms with E-state index < -0.39 is 11.9 Å². The standard InChI is InChI=1S/C13H22N2O3/c1-4-9(2)8-15(3)13(18)14-11-6-5-10(7-11)12(16)17/h5-6,9-11H,4,7-8H2,1-3H3,(H,14,18)(H,16,17). The summed E-state index contributed by atoms with van der Waals surface area (Å²) in [6.07, 6.45) is 4.87. The molecule has 0 fully saturated rings. The van der Waals surface area contributed by atoms with Crippen LogP contribution in [0.1, 0.15) is 26.7 Å². The molecule has 0 aromatic rings. The van der Waals surface area contributed by atoms with E-state index in [4.69, 9.17) is 5.11 Å². The lowest BCUT2D eigenvalue weighted by Gasteiger charge is -2.23. The van der Waals surface area contributed by atoms with Crippen LogP contribution in [0.3, 0.4) is 0 Å². The number of nitrogens with zero attached hydrogens (tertiary/aromatic N) is 1. The SMILES string of the molecule is CCC(C)CN(C)C(=O)NC1C=CC(C(=O)O)C1. The molecular weight excluding hydrogens is 232 g/mol. The number of carboxylic acid groups (broad SMARTS) is 1. The van der Waals surface area contributed by atoms with Crippen molar-refractivity contribution in [1.29, 1.82) is 0 Å². The van der Waals surface area contributed by atoms with Crippen molar-refractivity contribution >= 4 is 12.0 Å².